The SMILES string of the molecule is CC(N)C(=O)NC(Cc1ccc(O)cc1)C(=O)NC(CC(=O)O)C(=O)NC(CC(=O)O)C(=O)O. The van der Waals surface area contributed by atoms with Crippen molar-refractivity contribution in [2.24, 2.45) is 5.73 Å². The number of hydrogen-bond acceptors (Lipinski definition) is 8. The molecule has 0 spiro atoms. The summed E-state index contributed by atoms with van der Waals surface area (Å²) in [5, 5.41) is 42.8. The minimum atomic E-state index is -1.87. The number of nitrogens with one attached hydrogen (secondary N) is 3. The van der Waals surface area contributed by atoms with Gasteiger partial charge in [-0.15, -0.1) is 0 Å². The molecule has 0 saturated heterocycles. The van der Waals surface area contributed by atoms with Crippen LogP contribution in [0.25, 0.3) is 0 Å². The summed E-state index contributed by atoms with van der Waals surface area (Å²) in [7, 11) is 0. The molecule has 3 amide bonds. The van der Waals surface area contributed by atoms with Gasteiger partial charge in [-0.1, -0.05) is 12.1 Å². The van der Waals surface area contributed by atoms with E-state index in [4.69, 9.17) is 21.1 Å². The first-order valence-electron chi connectivity index (χ1n) is 9.91. The lowest BCUT2D eigenvalue weighted by Crippen LogP contribution is -2.58. The Balaban J connectivity index is 3.10. The highest BCUT2D eigenvalue weighted by Crippen LogP contribution is 2.12. The summed E-state index contributed by atoms with van der Waals surface area (Å²) in [6.45, 7) is 1.36. The van der Waals surface area contributed by atoms with Gasteiger partial charge in [-0.25, -0.2) is 4.79 Å². The topological polar surface area (TPSA) is 245 Å². The summed E-state index contributed by atoms with van der Waals surface area (Å²) in [4.78, 5) is 70.6. The number of amides is 3. The van der Waals surface area contributed by atoms with Crippen LogP contribution in [-0.2, 0) is 35.2 Å². The third kappa shape index (κ3) is 9.52. The largest absolute Gasteiger partial charge is 0.508 e. The van der Waals surface area contributed by atoms with E-state index in [2.05, 4.69) is 10.6 Å². The highest BCUT2D eigenvalue weighted by molar-refractivity contribution is 5.96. The molecule has 4 unspecified atom stereocenters. The number of aliphatic carboxylic acids is 3. The second-order valence-electron chi connectivity index (χ2n) is 7.38. The van der Waals surface area contributed by atoms with E-state index in [0.717, 1.165) is 0 Å². The molecule has 4 atom stereocenters. The van der Waals surface area contributed by atoms with E-state index in [-0.39, 0.29) is 12.2 Å². The smallest absolute Gasteiger partial charge is 0.326 e. The minimum absolute atomic E-state index is 0.0445. The Morgan fingerprint density at radius 2 is 1.21 bits per heavy atom. The van der Waals surface area contributed by atoms with Crippen molar-refractivity contribution < 1.29 is 49.2 Å². The van der Waals surface area contributed by atoms with Crippen LogP contribution in [-0.4, -0.2) is 80.2 Å². The average molecular weight is 482 g/mol. The lowest BCUT2D eigenvalue weighted by atomic mass is 10.0. The van der Waals surface area contributed by atoms with Crippen molar-refractivity contribution in [2.75, 3.05) is 0 Å². The molecule has 0 saturated carbocycles. The van der Waals surface area contributed by atoms with Crippen molar-refractivity contribution in [1.29, 1.82) is 0 Å². The number of carbonyl (C=O) groups excluding carboxylic acids is 3. The maximum Gasteiger partial charge on any atom is 0.326 e. The number of carboxylic acid groups (broad SMARTS) is 3. The summed E-state index contributed by atoms with van der Waals surface area (Å²) in [6, 6.07) is -0.350. The van der Waals surface area contributed by atoms with Gasteiger partial charge in [0.15, 0.2) is 0 Å². The molecule has 0 aliphatic rings. The van der Waals surface area contributed by atoms with E-state index >= 15 is 0 Å². The van der Waals surface area contributed by atoms with Gasteiger partial charge in [0.1, 0.15) is 23.9 Å². The Hall–Kier alpha value is -4.20. The molecule has 0 aliphatic heterocycles. The lowest BCUT2D eigenvalue weighted by molar-refractivity contribution is -0.148. The van der Waals surface area contributed by atoms with Crippen LogP contribution in [0, 0.1) is 0 Å². The monoisotopic (exact) mass is 482 g/mol. The second kappa shape index (κ2) is 12.7. The average Bonchev–Trinajstić information content (AvgIpc) is 2.72. The predicted molar refractivity (Wildman–Crippen MR) is 113 cm³/mol. The molecule has 1 aromatic rings. The van der Waals surface area contributed by atoms with Crippen molar-refractivity contribution in [2.45, 2.75) is 50.4 Å². The van der Waals surface area contributed by atoms with Crippen molar-refractivity contribution >= 4 is 35.6 Å². The van der Waals surface area contributed by atoms with E-state index in [9.17, 15) is 33.9 Å². The lowest BCUT2D eigenvalue weighted by Gasteiger charge is -2.24. The zero-order valence-electron chi connectivity index (χ0n) is 18.1. The molecule has 0 aromatic heterocycles. The molecule has 1 aromatic carbocycles. The maximum absolute atomic E-state index is 12.9. The molecule has 34 heavy (non-hydrogen) atoms. The quantitative estimate of drug-likeness (QED) is 0.149. The van der Waals surface area contributed by atoms with Gasteiger partial charge >= 0.3 is 17.9 Å². The third-order valence-electron chi connectivity index (χ3n) is 4.43. The summed E-state index contributed by atoms with van der Waals surface area (Å²) >= 11 is 0. The number of phenolic OH excluding ortho intramolecular Hbond substituents is 1. The Kier molecular flexibility index (Phi) is 10.4. The number of aromatic hydroxyl groups is 1. The number of benzene rings is 1. The van der Waals surface area contributed by atoms with Crippen molar-refractivity contribution in [3.63, 3.8) is 0 Å². The highest BCUT2D eigenvalue weighted by Gasteiger charge is 2.32. The number of rotatable bonds is 13. The van der Waals surface area contributed by atoms with Gasteiger partial charge in [-0.3, -0.25) is 24.0 Å². The first-order valence-corrected chi connectivity index (χ1v) is 9.91. The van der Waals surface area contributed by atoms with Gasteiger partial charge in [-0.05, 0) is 24.6 Å². The number of nitrogens with two attached hydrogens (primary N) is 1. The number of phenols is 1. The van der Waals surface area contributed by atoms with Crippen LogP contribution in [0.5, 0.6) is 5.75 Å². The molecule has 1 rings (SSSR count). The zero-order valence-corrected chi connectivity index (χ0v) is 18.1. The zero-order chi connectivity index (χ0) is 26.0. The molecule has 186 valence electrons. The van der Waals surface area contributed by atoms with Crippen molar-refractivity contribution in [3.8, 4) is 5.75 Å². The maximum atomic E-state index is 12.9. The Labute approximate surface area is 193 Å². The molecule has 0 fully saturated rings. The standard InChI is InChI=1S/C20H26N4O10/c1-9(21)17(30)22-12(6-10-2-4-11(25)5-3-10)18(31)23-13(7-15(26)27)19(32)24-14(20(33)34)8-16(28)29/h2-5,9,12-14,25H,6-8,21H2,1H3,(H,22,30)(H,23,31)(H,24,32)(H,26,27)(H,28,29)(H,33,34). The Morgan fingerprint density at radius 1 is 0.765 bits per heavy atom. The van der Waals surface area contributed by atoms with Crippen molar-refractivity contribution in [3.05, 3.63) is 29.8 Å². The third-order valence-corrected chi connectivity index (χ3v) is 4.43. The molecular weight excluding hydrogens is 456 g/mol. The summed E-state index contributed by atoms with van der Waals surface area (Å²) in [5.74, 6) is -7.70. The molecule has 0 radical (unpaired) electrons. The normalized spacial score (nSPS) is 14.1. The van der Waals surface area contributed by atoms with Gasteiger partial charge in [0, 0.05) is 6.42 Å². The molecule has 14 nitrogen and oxygen atoms in total. The fourth-order valence-corrected chi connectivity index (χ4v) is 2.68. The molecular formula is C20H26N4O10. The summed E-state index contributed by atoms with van der Waals surface area (Å²) < 4.78 is 0. The Morgan fingerprint density at radius 3 is 1.68 bits per heavy atom. The van der Waals surface area contributed by atoms with Crippen molar-refractivity contribution in [1.82, 2.24) is 16.0 Å². The molecule has 9 N–H and O–H groups in total. The van der Waals surface area contributed by atoms with Crippen LogP contribution in [0.4, 0.5) is 0 Å². The van der Waals surface area contributed by atoms with E-state index in [1.54, 1.807) is 0 Å². The van der Waals surface area contributed by atoms with Crippen LogP contribution >= 0.6 is 0 Å². The minimum Gasteiger partial charge on any atom is -0.508 e. The number of hydrogen-bond donors (Lipinski definition) is 8. The van der Waals surface area contributed by atoms with Gasteiger partial charge in [-0.2, -0.15) is 0 Å². The molecule has 0 bridgehead atoms. The number of carboxylic acids is 3. The van der Waals surface area contributed by atoms with E-state index < -0.39 is 72.6 Å². The Bertz CT molecular complexity index is 932. The van der Waals surface area contributed by atoms with Crippen LogP contribution in [0.1, 0.15) is 25.3 Å². The predicted octanol–water partition coefficient (Wildman–Crippen LogP) is -2.23. The van der Waals surface area contributed by atoms with Crippen LogP contribution in [0.15, 0.2) is 24.3 Å². The second-order valence-corrected chi connectivity index (χ2v) is 7.38. The van der Waals surface area contributed by atoms with E-state index in [1.165, 1.54) is 31.2 Å². The van der Waals surface area contributed by atoms with Crippen LogP contribution in [0.2, 0.25) is 0 Å². The fourth-order valence-electron chi connectivity index (χ4n) is 2.68. The number of carbonyl (C=O) groups is 6. The van der Waals surface area contributed by atoms with Gasteiger partial charge in [0.05, 0.1) is 18.9 Å². The van der Waals surface area contributed by atoms with Crippen LogP contribution in [0.3, 0.4) is 0 Å². The summed E-state index contributed by atoms with van der Waals surface area (Å²) in [6.07, 6.45) is -2.06. The molecule has 0 heterocycles. The van der Waals surface area contributed by atoms with Gasteiger partial charge < -0.3 is 42.1 Å². The highest BCUT2D eigenvalue weighted by atomic mass is 16.4. The summed E-state index contributed by atoms with van der Waals surface area (Å²) in [5.41, 5.74) is 6.01. The van der Waals surface area contributed by atoms with Gasteiger partial charge in [0.25, 0.3) is 0 Å². The molecule has 14 heteroatoms. The first-order chi connectivity index (χ1) is 15.8. The van der Waals surface area contributed by atoms with Gasteiger partial charge in [0.2, 0.25) is 17.7 Å². The first kappa shape index (κ1) is 27.8. The molecule has 0 aliphatic carbocycles. The van der Waals surface area contributed by atoms with E-state index in [0.29, 0.717) is 5.56 Å². The van der Waals surface area contributed by atoms with Crippen LogP contribution < -0.4 is 21.7 Å². The van der Waals surface area contributed by atoms with E-state index in [1.807, 2.05) is 5.32 Å². The fraction of sp³-hybridized carbons (Fsp3) is 0.400.